The van der Waals surface area contributed by atoms with Gasteiger partial charge in [0.05, 0.1) is 11.6 Å². The lowest BCUT2D eigenvalue weighted by Crippen LogP contribution is -2.18. The van der Waals surface area contributed by atoms with E-state index in [1.807, 2.05) is 6.07 Å². The van der Waals surface area contributed by atoms with E-state index >= 15 is 0 Å². The van der Waals surface area contributed by atoms with Crippen molar-refractivity contribution < 1.29 is 23.5 Å². The number of hydrogen-bond donors (Lipinski definition) is 1. The molecule has 1 heterocycles. The topological polar surface area (TPSA) is 67.3 Å². The molecule has 0 bridgehead atoms. The number of ketones is 1. The predicted octanol–water partition coefficient (Wildman–Crippen LogP) is 5.11. The van der Waals surface area contributed by atoms with Gasteiger partial charge in [-0.05, 0) is 18.2 Å². The zero-order chi connectivity index (χ0) is 20.3. The Bertz CT molecular complexity index is 1040. The number of aromatic nitrogens is 1. The van der Waals surface area contributed by atoms with Gasteiger partial charge in [0.25, 0.3) is 0 Å². The van der Waals surface area contributed by atoms with E-state index < -0.39 is 35.7 Å². The van der Waals surface area contributed by atoms with Gasteiger partial charge in [-0.1, -0.05) is 29.8 Å². The van der Waals surface area contributed by atoms with Crippen LogP contribution in [-0.2, 0) is 16.0 Å². The first-order valence-electron chi connectivity index (χ1n) is 8.23. The summed E-state index contributed by atoms with van der Waals surface area (Å²) in [6, 6.07) is 9.75. The van der Waals surface area contributed by atoms with Crippen LogP contribution in [0.1, 0.15) is 23.6 Å². The van der Waals surface area contributed by atoms with Crippen LogP contribution < -0.4 is 0 Å². The van der Waals surface area contributed by atoms with E-state index in [1.54, 1.807) is 23.6 Å². The van der Waals surface area contributed by atoms with Crippen molar-refractivity contribution in [3.8, 4) is 10.6 Å². The quantitative estimate of drug-likeness (QED) is 0.575. The number of carbonyl (C=O) groups is 2. The van der Waals surface area contributed by atoms with Crippen LogP contribution in [-0.4, -0.2) is 21.8 Å². The molecule has 1 aromatic heterocycles. The van der Waals surface area contributed by atoms with Crippen molar-refractivity contribution in [2.45, 2.75) is 18.8 Å². The van der Waals surface area contributed by atoms with Crippen LogP contribution in [0.15, 0.2) is 47.8 Å². The zero-order valence-electron chi connectivity index (χ0n) is 14.4. The summed E-state index contributed by atoms with van der Waals surface area (Å²) < 4.78 is 27.0. The molecule has 0 aliphatic carbocycles. The van der Waals surface area contributed by atoms with Gasteiger partial charge in [-0.3, -0.25) is 9.59 Å². The van der Waals surface area contributed by atoms with E-state index in [4.69, 9.17) is 11.6 Å². The molecule has 1 N–H and O–H groups in total. The van der Waals surface area contributed by atoms with Crippen molar-refractivity contribution in [1.29, 1.82) is 0 Å². The molecule has 144 valence electrons. The Labute approximate surface area is 168 Å². The average molecular weight is 422 g/mol. The van der Waals surface area contributed by atoms with E-state index in [0.717, 1.165) is 17.7 Å². The lowest BCUT2D eigenvalue weighted by Gasteiger charge is -2.12. The Morgan fingerprint density at radius 2 is 1.96 bits per heavy atom. The Balaban J connectivity index is 1.73. The number of nitrogens with zero attached hydrogens (tertiary/aromatic N) is 1. The maximum Gasteiger partial charge on any atom is 0.311 e. The van der Waals surface area contributed by atoms with Crippen LogP contribution in [0.5, 0.6) is 0 Å². The highest BCUT2D eigenvalue weighted by atomic mass is 35.5. The summed E-state index contributed by atoms with van der Waals surface area (Å²) in [6.45, 7) is 0. The van der Waals surface area contributed by atoms with Gasteiger partial charge in [0.1, 0.15) is 22.4 Å². The van der Waals surface area contributed by atoms with Gasteiger partial charge in [0.2, 0.25) is 0 Å². The summed E-state index contributed by atoms with van der Waals surface area (Å²) in [7, 11) is 0. The van der Waals surface area contributed by atoms with Gasteiger partial charge < -0.3 is 5.11 Å². The van der Waals surface area contributed by atoms with E-state index in [0.29, 0.717) is 21.8 Å². The summed E-state index contributed by atoms with van der Waals surface area (Å²) in [5.74, 6) is -4.94. The number of carbonyl (C=O) groups excluding carboxylic acids is 1. The molecule has 0 saturated heterocycles. The Morgan fingerprint density at radius 1 is 1.18 bits per heavy atom. The van der Waals surface area contributed by atoms with Gasteiger partial charge in [0, 0.05) is 40.4 Å². The fourth-order valence-corrected chi connectivity index (χ4v) is 3.77. The number of carboxylic acids is 1. The second-order valence-electron chi connectivity index (χ2n) is 6.13. The summed E-state index contributed by atoms with van der Waals surface area (Å²) in [5.41, 5.74) is 1.09. The first kappa shape index (κ1) is 20.1. The van der Waals surface area contributed by atoms with E-state index in [2.05, 4.69) is 4.98 Å². The monoisotopic (exact) mass is 421 g/mol. The third-order valence-corrected chi connectivity index (χ3v) is 5.24. The second kappa shape index (κ2) is 8.58. The van der Waals surface area contributed by atoms with Crippen molar-refractivity contribution in [2.24, 2.45) is 0 Å². The summed E-state index contributed by atoms with van der Waals surface area (Å²) in [4.78, 5) is 28.3. The molecular formula is C20H14ClF2NO3S. The minimum atomic E-state index is -1.39. The van der Waals surface area contributed by atoms with Gasteiger partial charge >= 0.3 is 5.97 Å². The van der Waals surface area contributed by atoms with Crippen LogP contribution in [0.25, 0.3) is 10.6 Å². The van der Waals surface area contributed by atoms with Crippen molar-refractivity contribution in [1.82, 2.24) is 4.98 Å². The lowest BCUT2D eigenvalue weighted by atomic mass is 9.92. The molecule has 0 aliphatic rings. The zero-order valence-corrected chi connectivity index (χ0v) is 15.9. The molecule has 3 aromatic rings. The van der Waals surface area contributed by atoms with Crippen molar-refractivity contribution in [3.63, 3.8) is 0 Å². The molecule has 0 fully saturated rings. The summed E-state index contributed by atoms with van der Waals surface area (Å²) in [6.07, 6.45) is -0.494. The van der Waals surface area contributed by atoms with Crippen LogP contribution in [0, 0.1) is 11.6 Å². The highest BCUT2D eigenvalue weighted by Crippen LogP contribution is 2.28. The van der Waals surface area contributed by atoms with E-state index in [1.165, 1.54) is 11.3 Å². The molecule has 2 aromatic carbocycles. The number of Topliss-reactive ketones (excluding diaryl/α,β-unsaturated/α-hetero) is 1. The molecule has 3 rings (SSSR count). The lowest BCUT2D eigenvalue weighted by molar-refractivity contribution is -0.140. The van der Waals surface area contributed by atoms with E-state index in [-0.39, 0.29) is 12.0 Å². The highest BCUT2D eigenvalue weighted by Gasteiger charge is 2.26. The number of halogens is 3. The van der Waals surface area contributed by atoms with Crippen LogP contribution in [0.3, 0.4) is 0 Å². The number of benzene rings is 2. The number of aliphatic carboxylic acids is 1. The average Bonchev–Trinajstić information content (AvgIpc) is 3.08. The predicted molar refractivity (Wildman–Crippen MR) is 103 cm³/mol. The van der Waals surface area contributed by atoms with E-state index in [9.17, 15) is 23.5 Å². The molecule has 28 heavy (non-hydrogen) atoms. The fourth-order valence-electron chi connectivity index (χ4n) is 2.76. The Kier molecular flexibility index (Phi) is 6.16. The first-order chi connectivity index (χ1) is 13.3. The molecule has 0 radical (unpaired) electrons. The normalized spacial score (nSPS) is 12.0. The Hall–Kier alpha value is -2.64. The van der Waals surface area contributed by atoms with Gasteiger partial charge in [-0.25, -0.2) is 13.8 Å². The van der Waals surface area contributed by atoms with Gasteiger partial charge in [-0.15, -0.1) is 11.3 Å². The maximum absolute atomic E-state index is 13.9. The SMILES string of the molecule is O=C(Cc1csc(-c2cccc(Cl)c2)n1)CC(C(=O)O)c1ccc(F)cc1F. The molecule has 8 heteroatoms. The third kappa shape index (κ3) is 4.79. The molecule has 1 atom stereocenters. The molecular weight excluding hydrogens is 408 g/mol. The third-order valence-electron chi connectivity index (χ3n) is 4.07. The van der Waals surface area contributed by atoms with Crippen LogP contribution >= 0.6 is 22.9 Å². The maximum atomic E-state index is 13.9. The molecule has 0 amide bonds. The number of carboxylic acid groups (broad SMARTS) is 1. The smallest absolute Gasteiger partial charge is 0.311 e. The van der Waals surface area contributed by atoms with Gasteiger partial charge in [-0.2, -0.15) is 0 Å². The minimum absolute atomic E-state index is 0.0797. The van der Waals surface area contributed by atoms with Crippen molar-refractivity contribution in [3.05, 3.63) is 75.8 Å². The molecule has 4 nitrogen and oxygen atoms in total. The molecule has 0 spiro atoms. The fraction of sp³-hybridized carbons (Fsp3) is 0.150. The van der Waals surface area contributed by atoms with Gasteiger partial charge in [0.15, 0.2) is 0 Å². The highest BCUT2D eigenvalue weighted by molar-refractivity contribution is 7.13. The summed E-state index contributed by atoms with van der Waals surface area (Å²) >= 11 is 7.31. The minimum Gasteiger partial charge on any atom is -0.481 e. The van der Waals surface area contributed by atoms with Crippen LogP contribution in [0.4, 0.5) is 8.78 Å². The molecule has 1 unspecified atom stereocenters. The summed E-state index contributed by atoms with van der Waals surface area (Å²) in [5, 5.41) is 12.3. The van der Waals surface area contributed by atoms with Crippen molar-refractivity contribution in [2.75, 3.05) is 0 Å². The van der Waals surface area contributed by atoms with Crippen molar-refractivity contribution >= 4 is 34.7 Å². The number of thiazole rings is 1. The molecule has 0 saturated carbocycles. The number of rotatable bonds is 7. The number of hydrogen-bond acceptors (Lipinski definition) is 4. The first-order valence-corrected chi connectivity index (χ1v) is 9.49. The largest absolute Gasteiger partial charge is 0.481 e. The second-order valence-corrected chi connectivity index (χ2v) is 7.43. The standard InChI is InChI=1S/C20H14ClF2NO3S/c21-12-3-1-2-11(6-12)19-24-14(10-28-19)8-15(25)9-17(20(26)27)16-5-4-13(22)7-18(16)23/h1-7,10,17H,8-9H2,(H,26,27). The molecule has 0 aliphatic heterocycles. The van der Waals surface area contributed by atoms with Crippen LogP contribution in [0.2, 0.25) is 5.02 Å². The Morgan fingerprint density at radius 3 is 2.64 bits per heavy atom.